The molecule has 1 fully saturated rings. The molecule has 0 atom stereocenters. The summed E-state index contributed by atoms with van der Waals surface area (Å²) in [6.07, 6.45) is 0.750. The van der Waals surface area contributed by atoms with Crippen molar-refractivity contribution in [3.63, 3.8) is 0 Å². The molecule has 0 radical (unpaired) electrons. The van der Waals surface area contributed by atoms with Gasteiger partial charge in [0.2, 0.25) is 16.4 Å². The molecule has 13 heteroatoms. The van der Waals surface area contributed by atoms with Crippen molar-refractivity contribution < 1.29 is 27.5 Å². The lowest BCUT2D eigenvalue weighted by Crippen LogP contribution is -2.40. The molecule has 0 bridgehead atoms. The van der Waals surface area contributed by atoms with Gasteiger partial charge in [0.1, 0.15) is 5.75 Å². The fraction of sp³-hybridized carbons (Fsp3) is 0.292. The highest BCUT2D eigenvalue weighted by Gasteiger charge is 2.26. The van der Waals surface area contributed by atoms with E-state index in [1.165, 1.54) is 20.5 Å². The van der Waals surface area contributed by atoms with Crippen LogP contribution in [0, 0.1) is 0 Å². The van der Waals surface area contributed by atoms with E-state index in [2.05, 4.69) is 10.3 Å². The molecule has 1 aliphatic heterocycles. The number of hydrogen-bond donors (Lipinski definition) is 1. The van der Waals surface area contributed by atoms with E-state index >= 15 is 0 Å². The average molecular weight is 567 g/mol. The molecule has 1 aliphatic rings. The molecule has 0 aliphatic carbocycles. The summed E-state index contributed by atoms with van der Waals surface area (Å²) in [7, 11) is -0.172. The number of carbonyl (C=O) groups is 2. The van der Waals surface area contributed by atoms with Crippen LogP contribution < -0.4 is 10.1 Å². The predicted molar refractivity (Wildman–Crippen MR) is 142 cm³/mol. The molecular formula is C24H27ClN4O6S2. The van der Waals surface area contributed by atoms with Crippen molar-refractivity contribution in [3.05, 3.63) is 58.9 Å². The zero-order valence-electron chi connectivity index (χ0n) is 20.3. The third-order valence-corrected chi connectivity index (χ3v) is 7.79. The maximum absolute atomic E-state index is 12.7. The Balaban J connectivity index is 0.000000695. The number of rotatable bonds is 8. The Bertz CT molecular complexity index is 1290. The fourth-order valence-electron chi connectivity index (χ4n) is 3.06. The fourth-order valence-corrected chi connectivity index (χ4v) is 5.38. The van der Waals surface area contributed by atoms with Crippen molar-refractivity contribution in [1.82, 2.24) is 14.2 Å². The third kappa shape index (κ3) is 8.51. The molecule has 2 amide bonds. The molecule has 3 aromatic rings. The molecule has 1 saturated heterocycles. The molecule has 10 nitrogen and oxygen atoms in total. The van der Waals surface area contributed by atoms with Crippen LogP contribution in [0.3, 0.4) is 0 Å². The van der Waals surface area contributed by atoms with E-state index < -0.39 is 10.0 Å². The highest BCUT2D eigenvalue weighted by molar-refractivity contribution is 7.89. The van der Waals surface area contributed by atoms with Gasteiger partial charge in [0.05, 0.1) is 23.8 Å². The van der Waals surface area contributed by atoms with E-state index in [1.54, 1.807) is 68.0 Å². The quantitative estimate of drug-likeness (QED) is 0.416. The SMILES string of the molecule is CN(C)C=O.O=C(COc1cccc(Cl)c1)Nc1nc(-c2ccc(S(=O)(=O)N3CCOCC3)cc2)cs1. The summed E-state index contributed by atoms with van der Waals surface area (Å²) in [6.45, 7) is 1.31. The second-order valence-corrected chi connectivity index (χ2v) is 11.2. The zero-order chi connectivity index (χ0) is 26.8. The van der Waals surface area contributed by atoms with Gasteiger partial charge in [0, 0.05) is 43.2 Å². The number of hydrogen-bond acceptors (Lipinski definition) is 8. The largest absolute Gasteiger partial charge is 0.484 e. The first-order chi connectivity index (χ1) is 17.7. The number of morpholine rings is 1. The van der Waals surface area contributed by atoms with Crippen LogP contribution in [0.15, 0.2) is 58.8 Å². The molecule has 1 aromatic heterocycles. The van der Waals surface area contributed by atoms with E-state index in [9.17, 15) is 18.0 Å². The van der Waals surface area contributed by atoms with Gasteiger partial charge in [0.15, 0.2) is 11.7 Å². The van der Waals surface area contributed by atoms with Crippen molar-refractivity contribution in [3.8, 4) is 17.0 Å². The van der Waals surface area contributed by atoms with Gasteiger partial charge in [-0.2, -0.15) is 4.31 Å². The normalized spacial score (nSPS) is 13.7. The number of amides is 2. The van der Waals surface area contributed by atoms with Crippen LogP contribution in [0.25, 0.3) is 11.3 Å². The van der Waals surface area contributed by atoms with E-state index in [1.807, 2.05) is 0 Å². The Kier molecular flexibility index (Phi) is 10.4. The molecular weight excluding hydrogens is 540 g/mol. The minimum Gasteiger partial charge on any atom is -0.484 e. The molecule has 4 rings (SSSR count). The Morgan fingerprint density at radius 1 is 1.22 bits per heavy atom. The predicted octanol–water partition coefficient (Wildman–Crippen LogP) is 3.21. The zero-order valence-corrected chi connectivity index (χ0v) is 22.7. The summed E-state index contributed by atoms with van der Waals surface area (Å²) in [5, 5.41) is 5.43. The van der Waals surface area contributed by atoms with Crippen LogP contribution in [0.1, 0.15) is 0 Å². The van der Waals surface area contributed by atoms with Crippen molar-refractivity contribution in [1.29, 1.82) is 0 Å². The number of ether oxygens (including phenoxy) is 2. The van der Waals surface area contributed by atoms with Crippen molar-refractivity contribution in [2.75, 3.05) is 52.3 Å². The number of carbonyl (C=O) groups excluding carboxylic acids is 2. The van der Waals surface area contributed by atoms with E-state index in [0.717, 1.165) is 12.0 Å². The van der Waals surface area contributed by atoms with E-state index in [4.69, 9.17) is 21.1 Å². The maximum Gasteiger partial charge on any atom is 0.264 e. The van der Waals surface area contributed by atoms with Crippen LogP contribution in [-0.2, 0) is 24.3 Å². The van der Waals surface area contributed by atoms with Crippen LogP contribution in [0.5, 0.6) is 5.75 Å². The number of thiazole rings is 1. The Morgan fingerprint density at radius 2 is 1.89 bits per heavy atom. The summed E-state index contributed by atoms with van der Waals surface area (Å²) >= 11 is 7.16. The molecule has 37 heavy (non-hydrogen) atoms. The summed E-state index contributed by atoms with van der Waals surface area (Å²) in [4.78, 5) is 27.6. The van der Waals surface area contributed by atoms with Crippen LogP contribution >= 0.6 is 22.9 Å². The summed E-state index contributed by atoms with van der Waals surface area (Å²) < 4.78 is 37.5. The maximum atomic E-state index is 12.7. The molecule has 198 valence electrons. The number of benzene rings is 2. The van der Waals surface area contributed by atoms with Crippen LogP contribution in [0.2, 0.25) is 5.02 Å². The lowest BCUT2D eigenvalue weighted by atomic mass is 10.2. The van der Waals surface area contributed by atoms with Crippen molar-refractivity contribution >= 4 is 50.4 Å². The van der Waals surface area contributed by atoms with E-state index in [0.29, 0.717) is 47.9 Å². The number of aromatic nitrogens is 1. The van der Waals surface area contributed by atoms with E-state index in [-0.39, 0.29) is 17.4 Å². The van der Waals surface area contributed by atoms with Gasteiger partial charge in [-0.15, -0.1) is 11.3 Å². The molecule has 0 saturated carbocycles. The van der Waals surface area contributed by atoms with Gasteiger partial charge in [-0.25, -0.2) is 13.4 Å². The Morgan fingerprint density at radius 3 is 2.51 bits per heavy atom. The monoisotopic (exact) mass is 566 g/mol. The molecule has 0 spiro atoms. The number of halogens is 1. The second-order valence-electron chi connectivity index (χ2n) is 7.94. The highest BCUT2D eigenvalue weighted by Crippen LogP contribution is 2.27. The van der Waals surface area contributed by atoms with Gasteiger partial charge in [0.25, 0.3) is 5.91 Å². The number of sulfonamides is 1. The van der Waals surface area contributed by atoms with Gasteiger partial charge in [-0.1, -0.05) is 29.8 Å². The molecule has 0 unspecified atom stereocenters. The Hall–Kier alpha value is -3.03. The second kappa shape index (κ2) is 13.5. The first kappa shape index (κ1) is 28.5. The summed E-state index contributed by atoms with van der Waals surface area (Å²) in [5.74, 6) is 0.150. The number of nitrogens with zero attached hydrogens (tertiary/aromatic N) is 3. The minimum absolute atomic E-state index is 0.177. The first-order valence-corrected chi connectivity index (χ1v) is 13.8. The number of nitrogens with one attached hydrogen (secondary N) is 1. The van der Waals surface area contributed by atoms with Gasteiger partial charge in [-0.3, -0.25) is 14.9 Å². The summed E-state index contributed by atoms with van der Waals surface area (Å²) in [6, 6.07) is 13.3. The highest BCUT2D eigenvalue weighted by atomic mass is 35.5. The lowest BCUT2D eigenvalue weighted by molar-refractivity contribution is -0.118. The lowest BCUT2D eigenvalue weighted by Gasteiger charge is -2.26. The average Bonchev–Trinajstić information content (AvgIpc) is 3.37. The standard InChI is InChI=1S/C21H20ClN3O5S2.C3H7NO/c22-16-2-1-3-17(12-16)30-13-20(26)24-21-23-19(14-31-21)15-4-6-18(7-5-15)32(27,28)25-8-10-29-11-9-25;1-4(2)3-5/h1-7,12,14H,8-11,13H2,(H,23,24,26);3H,1-2H3. The third-order valence-electron chi connectivity index (χ3n) is 4.89. The molecule has 1 N–H and O–H groups in total. The molecule has 2 heterocycles. The van der Waals surface area contributed by atoms with Gasteiger partial charge in [-0.05, 0) is 30.3 Å². The molecule has 2 aromatic carbocycles. The van der Waals surface area contributed by atoms with Gasteiger partial charge < -0.3 is 14.4 Å². The van der Waals surface area contributed by atoms with Crippen LogP contribution in [-0.4, -0.2) is 81.9 Å². The van der Waals surface area contributed by atoms with Crippen molar-refractivity contribution in [2.45, 2.75) is 4.90 Å². The van der Waals surface area contributed by atoms with Crippen molar-refractivity contribution in [2.24, 2.45) is 0 Å². The smallest absolute Gasteiger partial charge is 0.264 e. The van der Waals surface area contributed by atoms with Gasteiger partial charge >= 0.3 is 0 Å². The topological polar surface area (TPSA) is 118 Å². The van der Waals surface area contributed by atoms with Crippen LogP contribution in [0.4, 0.5) is 5.13 Å². The number of anilines is 1. The first-order valence-electron chi connectivity index (χ1n) is 11.1. The minimum atomic E-state index is -3.55. The Labute approximate surface area is 224 Å². The summed E-state index contributed by atoms with van der Waals surface area (Å²) in [5.41, 5.74) is 1.38.